The van der Waals surface area contributed by atoms with Gasteiger partial charge in [0.15, 0.2) is 11.5 Å². The number of primary amides is 2. The first kappa shape index (κ1) is 19.8. The van der Waals surface area contributed by atoms with Crippen LogP contribution in [-0.4, -0.2) is 44.4 Å². The first-order valence-electron chi connectivity index (χ1n) is 8.34. The monoisotopic (exact) mass is 402 g/mol. The Hall–Kier alpha value is -3.96. The highest BCUT2D eigenvalue weighted by Gasteiger charge is 2.23. The van der Waals surface area contributed by atoms with Gasteiger partial charge in [-0.15, -0.1) is 10.2 Å². The smallest absolute Gasteiger partial charge is 0.273 e. The molecule has 0 aliphatic rings. The fraction of sp³-hybridized carbons (Fsp3) is 0.176. The normalized spacial score (nSPS) is 12.0. The number of pyridine rings is 1. The van der Waals surface area contributed by atoms with Crippen LogP contribution in [0.5, 0.6) is 0 Å². The van der Waals surface area contributed by atoms with Crippen molar-refractivity contribution in [3.8, 4) is 0 Å². The van der Waals surface area contributed by atoms with Crippen LogP contribution in [0.25, 0.3) is 10.9 Å². The topological polar surface area (TPSA) is 162 Å². The third-order valence-electron chi connectivity index (χ3n) is 3.85. The van der Waals surface area contributed by atoms with E-state index in [2.05, 4.69) is 30.8 Å². The summed E-state index contributed by atoms with van der Waals surface area (Å²) in [7, 11) is 0. The van der Waals surface area contributed by atoms with Crippen LogP contribution in [0.1, 0.15) is 16.9 Å². The molecule has 0 unspecified atom stereocenters. The molecule has 2 heterocycles. The SMILES string of the molecule is NC(=O)c1nnc(N[C@H](CC(F)F)C(N)=O)nc1Nc1ccc2ncccc2c1. The molecule has 0 radical (unpaired) electrons. The number of nitrogens with zero attached hydrogens (tertiary/aromatic N) is 4. The number of hydrogen-bond acceptors (Lipinski definition) is 8. The molecule has 12 heteroatoms. The predicted molar refractivity (Wildman–Crippen MR) is 101 cm³/mol. The highest BCUT2D eigenvalue weighted by Crippen LogP contribution is 2.22. The van der Waals surface area contributed by atoms with Crippen molar-refractivity contribution < 1.29 is 18.4 Å². The number of aromatic nitrogens is 4. The summed E-state index contributed by atoms with van der Waals surface area (Å²) in [5.74, 6) is -2.26. The lowest BCUT2D eigenvalue weighted by Gasteiger charge is -2.16. The maximum absolute atomic E-state index is 12.6. The van der Waals surface area contributed by atoms with Gasteiger partial charge < -0.3 is 22.1 Å². The van der Waals surface area contributed by atoms with E-state index in [1.165, 1.54) is 0 Å². The van der Waals surface area contributed by atoms with Crippen molar-refractivity contribution >= 4 is 40.2 Å². The molecule has 0 saturated heterocycles. The zero-order valence-corrected chi connectivity index (χ0v) is 14.8. The van der Waals surface area contributed by atoms with Gasteiger partial charge in [0.05, 0.1) is 5.52 Å². The average Bonchev–Trinajstić information content (AvgIpc) is 2.67. The second kappa shape index (κ2) is 8.37. The van der Waals surface area contributed by atoms with E-state index in [0.29, 0.717) is 5.69 Å². The molecule has 6 N–H and O–H groups in total. The standard InChI is InChI=1S/C17H16F2N8O2/c18-12(19)7-11(14(20)28)24-17-25-16(13(15(21)29)26-27-17)23-9-3-4-10-8(6-9)2-1-5-22-10/h1-6,11-12H,7H2,(H2,20,28)(H2,21,29)(H2,23,24,25,27)/t11-/m1/s1. The second-order valence-corrected chi connectivity index (χ2v) is 5.96. The molecule has 1 aromatic carbocycles. The van der Waals surface area contributed by atoms with Crippen molar-refractivity contribution in [2.45, 2.75) is 18.9 Å². The number of nitrogens with one attached hydrogen (secondary N) is 2. The van der Waals surface area contributed by atoms with Gasteiger partial charge in [-0.25, -0.2) is 8.78 Å². The fourth-order valence-electron chi connectivity index (χ4n) is 2.51. The molecule has 0 aliphatic heterocycles. The number of hydrogen-bond donors (Lipinski definition) is 4. The lowest BCUT2D eigenvalue weighted by molar-refractivity contribution is -0.119. The lowest BCUT2D eigenvalue weighted by atomic mass is 10.2. The molecule has 0 aliphatic carbocycles. The molecule has 3 rings (SSSR count). The molecule has 29 heavy (non-hydrogen) atoms. The van der Waals surface area contributed by atoms with Gasteiger partial charge in [-0.3, -0.25) is 14.6 Å². The van der Waals surface area contributed by atoms with Gasteiger partial charge in [0.1, 0.15) is 6.04 Å². The Labute approximate surface area is 162 Å². The van der Waals surface area contributed by atoms with Gasteiger partial charge >= 0.3 is 0 Å². The number of carbonyl (C=O) groups excluding carboxylic acids is 2. The third-order valence-corrected chi connectivity index (χ3v) is 3.85. The maximum Gasteiger partial charge on any atom is 0.273 e. The summed E-state index contributed by atoms with van der Waals surface area (Å²) in [4.78, 5) is 31.3. The Morgan fingerprint density at radius 1 is 1.14 bits per heavy atom. The van der Waals surface area contributed by atoms with E-state index in [-0.39, 0.29) is 17.5 Å². The summed E-state index contributed by atoms with van der Waals surface area (Å²) in [6, 6.07) is 7.39. The van der Waals surface area contributed by atoms with Crippen molar-refractivity contribution in [1.29, 1.82) is 0 Å². The van der Waals surface area contributed by atoms with Crippen LogP contribution in [0.15, 0.2) is 36.5 Å². The number of alkyl halides is 2. The first-order chi connectivity index (χ1) is 13.8. The minimum Gasteiger partial charge on any atom is -0.368 e. The van der Waals surface area contributed by atoms with E-state index in [9.17, 15) is 18.4 Å². The Bertz CT molecular complexity index is 1060. The van der Waals surface area contributed by atoms with Crippen molar-refractivity contribution in [3.05, 3.63) is 42.2 Å². The summed E-state index contributed by atoms with van der Waals surface area (Å²) >= 11 is 0. The van der Waals surface area contributed by atoms with Crippen molar-refractivity contribution in [1.82, 2.24) is 20.2 Å². The third kappa shape index (κ3) is 4.86. The highest BCUT2D eigenvalue weighted by molar-refractivity contribution is 5.96. The minimum atomic E-state index is -2.78. The molecule has 0 fully saturated rings. The van der Waals surface area contributed by atoms with Crippen LogP contribution < -0.4 is 22.1 Å². The van der Waals surface area contributed by atoms with Gasteiger partial charge in [0.2, 0.25) is 18.3 Å². The summed E-state index contributed by atoms with van der Waals surface area (Å²) in [5.41, 5.74) is 11.4. The van der Waals surface area contributed by atoms with Gasteiger partial charge in [-0.05, 0) is 24.3 Å². The van der Waals surface area contributed by atoms with Crippen LogP contribution in [0.2, 0.25) is 0 Å². The van der Waals surface area contributed by atoms with Crippen molar-refractivity contribution in [2.75, 3.05) is 10.6 Å². The van der Waals surface area contributed by atoms with Crippen molar-refractivity contribution in [3.63, 3.8) is 0 Å². The molecule has 0 spiro atoms. The molecule has 0 saturated carbocycles. The summed E-state index contributed by atoms with van der Waals surface area (Å²) in [6.07, 6.45) is -1.96. The molecule has 150 valence electrons. The van der Waals surface area contributed by atoms with Crippen LogP contribution in [0, 0.1) is 0 Å². The summed E-state index contributed by atoms with van der Waals surface area (Å²) < 4.78 is 25.3. The number of halogens is 2. The zero-order chi connectivity index (χ0) is 21.0. The van der Waals surface area contributed by atoms with E-state index >= 15 is 0 Å². The molecule has 0 bridgehead atoms. The molecule has 2 aromatic heterocycles. The molecular weight excluding hydrogens is 386 g/mol. The Morgan fingerprint density at radius 3 is 2.62 bits per heavy atom. The molecular formula is C17H16F2N8O2. The number of rotatable bonds is 8. The van der Waals surface area contributed by atoms with E-state index in [1.807, 2.05) is 6.07 Å². The fourth-order valence-corrected chi connectivity index (χ4v) is 2.51. The number of nitrogens with two attached hydrogens (primary N) is 2. The minimum absolute atomic E-state index is 0.0708. The van der Waals surface area contributed by atoms with E-state index in [1.54, 1.807) is 30.5 Å². The molecule has 2 amide bonds. The van der Waals surface area contributed by atoms with E-state index in [0.717, 1.165) is 10.9 Å². The maximum atomic E-state index is 12.6. The Morgan fingerprint density at radius 2 is 1.93 bits per heavy atom. The van der Waals surface area contributed by atoms with E-state index < -0.39 is 30.7 Å². The van der Waals surface area contributed by atoms with Gasteiger partial charge in [-0.1, -0.05) is 6.07 Å². The van der Waals surface area contributed by atoms with Gasteiger partial charge in [0.25, 0.3) is 5.91 Å². The largest absolute Gasteiger partial charge is 0.368 e. The lowest BCUT2D eigenvalue weighted by Crippen LogP contribution is -2.37. The number of fused-ring (bicyclic) bond motifs is 1. The number of benzene rings is 1. The number of anilines is 3. The predicted octanol–water partition coefficient (Wildman–Crippen LogP) is 1.18. The van der Waals surface area contributed by atoms with Crippen LogP contribution in [0.3, 0.4) is 0 Å². The quantitative estimate of drug-likeness (QED) is 0.437. The van der Waals surface area contributed by atoms with E-state index in [4.69, 9.17) is 11.5 Å². The average molecular weight is 402 g/mol. The summed E-state index contributed by atoms with van der Waals surface area (Å²) in [6.45, 7) is 0. The van der Waals surface area contributed by atoms with Crippen LogP contribution in [0.4, 0.5) is 26.2 Å². The number of amides is 2. The molecule has 3 aromatic rings. The van der Waals surface area contributed by atoms with Crippen LogP contribution in [-0.2, 0) is 4.79 Å². The van der Waals surface area contributed by atoms with Gasteiger partial charge in [0, 0.05) is 23.7 Å². The molecule has 1 atom stereocenters. The van der Waals surface area contributed by atoms with Crippen molar-refractivity contribution in [2.24, 2.45) is 11.5 Å². The molecule has 10 nitrogen and oxygen atoms in total. The highest BCUT2D eigenvalue weighted by atomic mass is 19.3. The van der Waals surface area contributed by atoms with Crippen LogP contribution >= 0.6 is 0 Å². The summed E-state index contributed by atoms with van der Waals surface area (Å²) in [5, 5.41) is 13.4. The Balaban J connectivity index is 1.91. The van der Waals surface area contributed by atoms with Gasteiger partial charge in [-0.2, -0.15) is 4.98 Å². The first-order valence-corrected chi connectivity index (χ1v) is 8.34. The Kier molecular flexibility index (Phi) is 5.71. The zero-order valence-electron chi connectivity index (χ0n) is 14.8. The second-order valence-electron chi connectivity index (χ2n) is 5.96. The number of carbonyl (C=O) groups is 2.